The zero-order valence-corrected chi connectivity index (χ0v) is 32.3. The molecule has 50 heavy (non-hydrogen) atoms. The van der Waals surface area contributed by atoms with Crippen molar-refractivity contribution in [3.63, 3.8) is 0 Å². The number of benzene rings is 2. The van der Waals surface area contributed by atoms with E-state index in [4.69, 9.17) is 19.4 Å². The SMILES string of the molecule is CN(c1ccc2c(c1)nc(C(C)(C)C)n2CC1CCOCC1)S(=O)(=O)C1CC1.CNc1ccc2c(c1)nc(C(C)(C)C)n2CC1CCOCC1. The summed E-state index contributed by atoms with van der Waals surface area (Å²) < 4.78 is 42.4. The van der Waals surface area contributed by atoms with Crippen LogP contribution in [0.3, 0.4) is 0 Å². The van der Waals surface area contributed by atoms with Crippen molar-refractivity contribution in [2.45, 2.75) is 109 Å². The molecule has 0 bridgehead atoms. The highest BCUT2D eigenvalue weighted by Gasteiger charge is 2.39. The number of anilines is 2. The lowest BCUT2D eigenvalue weighted by molar-refractivity contribution is 0.0610. The molecule has 274 valence electrons. The highest BCUT2D eigenvalue weighted by molar-refractivity contribution is 7.93. The number of sulfonamides is 1. The Morgan fingerprint density at radius 3 is 1.64 bits per heavy atom. The van der Waals surface area contributed by atoms with Crippen molar-refractivity contribution >= 4 is 43.5 Å². The van der Waals surface area contributed by atoms with Gasteiger partial charge in [-0.1, -0.05) is 41.5 Å². The molecule has 3 aliphatic rings. The summed E-state index contributed by atoms with van der Waals surface area (Å²) in [5.41, 5.74) is 6.04. The Morgan fingerprint density at radius 1 is 0.740 bits per heavy atom. The van der Waals surface area contributed by atoms with Crippen LogP contribution in [0.15, 0.2) is 36.4 Å². The Morgan fingerprint density at radius 2 is 1.20 bits per heavy atom. The molecule has 1 N–H and O–H groups in total. The summed E-state index contributed by atoms with van der Waals surface area (Å²) in [7, 11) is 0.344. The molecular formula is C39H58N6O4S. The topological polar surface area (TPSA) is 104 Å². The number of nitrogens with one attached hydrogen (secondary N) is 1. The van der Waals surface area contributed by atoms with E-state index >= 15 is 0 Å². The molecule has 0 spiro atoms. The summed E-state index contributed by atoms with van der Waals surface area (Å²) in [6.07, 6.45) is 5.98. The first-order chi connectivity index (χ1) is 23.7. The molecule has 4 aromatic rings. The molecule has 0 atom stereocenters. The Kier molecular flexibility index (Phi) is 10.6. The van der Waals surface area contributed by atoms with Crippen molar-refractivity contribution in [2.75, 3.05) is 50.1 Å². The van der Waals surface area contributed by atoms with Crippen LogP contribution in [0, 0.1) is 11.8 Å². The van der Waals surface area contributed by atoms with E-state index in [0.717, 1.165) is 106 Å². The van der Waals surface area contributed by atoms with Gasteiger partial charge in [0.15, 0.2) is 0 Å². The van der Waals surface area contributed by atoms with Crippen LogP contribution in [0.4, 0.5) is 11.4 Å². The Hall–Kier alpha value is -3.15. The van der Waals surface area contributed by atoms with Crippen LogP contribution < -0.4 is 9.62 Å². The molecule has 7 rings (SSSR count). The Bertz CT molecular complexity index is 1890. The fraction of sp³-hybridized carbons (Fsp3) is 0.641. The predicted octanol–water partition coefficient (Wildman–Crippen LogP) is 7.49. The summed E-state index contributed by atoms with van der Waals surface area (Å²) in [6.45, 7) is 18.7. The standard InChI is InChI=1S/C21H31N3O3S.C18H27N3O/c1-21(2,3)20-22-18-13-16(23(4)28(25,26)17-6-7-17)5-8-19(18)24(20)14-15-9-11-27-12-10-15;1-18(2,3)17-20-15-11-14(19-4)5-6-16(15)21(17)12-13-7-9-22-10-8-13/h5,8,13,15,17H,6-7,9-12,14H2,1-4H3;5-6,11,13,19H,7-10,12H2,1-4H3. The van der Waals surface area contributed by atoms with Gasteiger partial charge in [-0.2, -0.15) is 0 Å². The van der Waals surface area contributed by atoms with Gasteiger partial charge in [-0.3, -0.25) is 4.31 Å². The van der Waals surface area contributed by atoms with Crippen molar-refractivity contribution in [1.29, 1.82) is 0 Å². The summed E-state index contributed by atoms with van der Waals surface area (Å²) in [4.78, 5) is 9.90. The first-order valence-corrected chi connectivity index (χ1v) is 20.0. The highest BCUT2D eigenvalue weighted by Crippen LogP contribution is 2.36. The predicted molar refractivity (Wildman–Crippen MR) is 204 cm³/mol. The van der Waals surface area contributed by atoms with E-state index in [2.05, 4.69) is 74.2 Å². The first kappa shape index (κ1) is 36.6. The van der Waals surface area contributed by atoms with E-state index < -0.39 is 10.0 Å². The zero-order chi connectivity index (χ0) is 35.8. The van der Waals surface area contributed by atoms with E-state index in [-0.39, 0.29) is 16.1 Å². The van der Waals surface area contributed by atoms with Gasteiger partial charge in [-0.25, -0.2) is 18.4 Å². The Balaban J connectivity index is 0.000000178. The summed E-state index contributed by atoms with van der Waals surface area (Å²) >= 11 is 0. The normalized spacial score (nSPS) is 18.3. The molecule has 2 aromatic heterocycles. The molecule has 2 saturated heterocycles. The molecule has 0 unspecified atom stereocenters. The number of aromatic nitrogens is 4. The molecule has 4 heterocycles. The van der Waals surface area contributed by atoms with Crippen LogP contribution in [-0.2, 0) is 43.4 Å². The second-order valence-electron chi connectivity index (χ2n) is 16.5. The van der Waals surface area contributed by atoms with E-state index in [0.29, 0.717) is 17.5 Å². The van der Waals surface area contributed by atoms with Gasteiger partial charge in [-0.05, 0) is 86.8 Å². The van der Waals surface area contributed by atoms with Gasteiger partial charge >= 0.3 is 0 Å². The number of ether oxygens (including phenoxy) is 2. The van der Waals surface area contributed by atoms with Gasteiger partial charge < -0.3 is 23.9 Å². The lowest BCUT2D eigenvalue weighted by atomic mass is 9.94. The third kappa shape index (κ3) is 8.00. The average Bonchev–Trinajstić information content (AvgIpc) is 3.81. The molecule has 1 saturated carbocycles. The molecule has 10 nitrogen and oxygen atoms in total. The van der Waals surface area contributed by atoms with Crippen molar-refractivity contribution in [3.8, 4) is 0 Å². The monoisotopic (exact) mass is 706 g/mol. The third-order valence-corrected chi connectivity index (χ3v) is 12.7. The van der Waals surface area contributed by atoms with Gasteiger partial charge in [0.05, 0.1) is 33.0 Å². The summed E-state index contributed by atoms with van der Waals surface area (Å²) in [5.74, 6) is 3.52. The maximum Gasteiger partial charge on any atom is 0.237 e. The number of rotatable bonds is 8. The quantitative estimate of drug-likeness (QED) is 0.203. The van der Waals surface area contributed by atoms with Crippen LogP contribution in [0.2, 0.25) is 0 Å². The average molecular weight is 707 g/mol. The van der Waals surface area contributed by atoms with Crippen LogP contribution >= 0.6 is 0 Å². The maximum absolute atomic E-state index is 12.6. The second-order valence-corrected chi connectivity index (χ2v) is 18.8. The Labute approximate surface area is 299 Å². The van der Waals surface area contributed by atoms with Crippen LogP contribution in [-0.4, -0.2) is 73.3 Å². The lowest BCUT2D eigenvalue weighted by Gasteiger charge is -2.26. The zero-order valence-electron chi connectivity index (χ0n) is 31.5. The number of hydrogen-bond donors (Lipinski definition) is 1. The van der Waals surface area contributed by atoms with Crippen molar-refractivity contribution in [2.24, 2.45) is 11.8 Å². The summed E-state index contributed by atoms with van der Waals surface area (Å²) in [6, 6.07) is 12.3. The minimum Gasteiger partial charge on any atom is -0.388 e. The maximum atomic E-state index is 12.6. The van der Waals surface area contributed by atoms with Crippen molar-refractivity contribution < 1.29 is 17.9 Å². The number of hydrogen-bond acceptors (Lipinski definition) is 7. The largest absolute Gasteiger partial charge is 0.388 e. The van der Waals surface area contributed by atoms with Gasteiger partial charge in [0.25, 0.3) is 0 Å². The minimum atomic E-state index is -3.26. The third-order valence-electron chi connectivity index (χ3n) is 10.4. The number of nitrogens with zero attached hydrogens (tertiary/aromatic N) is 5. The molecule has 0 radical (unpaired) electrons. The van der Waals surface area contributed by atoms with Crippen LogP contribution in [0.5, 0.6) is 0 Å². The van der Waals surface area contributed by atoms with E-state index in [1.54, 1.807) is 7.05 Å². The fourth-order valence-electron chi connectivity index (χ4n) is 7.22. The molecule has 0 amide bonds. The minimum absolute atomic E-state index is 0.0456. The van der Waals surface area contributed by atoms with E-state index in [1.807, 2.05) is 25.2 Å². The van der Waals surface area contributed by atoms with Crippen LogP contribution in [0.25, 0.3) is 22.1 Å². The number of imidazole rings is 2. The summed E-state index contributed by atoms with van der Waals surface area (Å²) in [5, 5.41) is 2.98. The molecule has 1 aliphatic carbocycles. The fourth-order valence-corrected chi connectivity index (χ4v) is 8.81. The van der Waals surface area contributed by atoms with E-state index in [1.165, 1.54) is 15.6 Å². The van der Waals surface area contributed by atoms with Crippen molar-refractivity contribution in [1.82, 2.24) is 19.1 Å². The first-order valence-electron chi connectivity index (χ1n) is 18.5. The van der Waals surface area contributed by atoms with Gasteiger partial charge in [-0.15, -0.1) is 0 Å². The molecule has 11 heteroatoms. The second kappa shape index (κ2) is 14.5. The lowest BCUT2D eigenvalue weighted by Crippen LogP contribution is -2.29. The molecule has 3 fully saturated rings. The molecule has 2 aromatic carbocycles. The van der Waals surface area contributed by atoms with Crippen LogP contribution in [0.1, 0.15) is 91.7 Å². The number of fused-ring (bicyclic) bond motifs is 2. The van der Waals surface area contributed by atoms with Gasteiger partial charge in [0.2, 0.25) is 10.0 Å². The van der Waals surface area contributed by atoms with Crippen molar-refractivity contribution in [3.05, 3.63) is 48.0 Å². The van der Waals surface area contributed by atoms with E-state index in [9.17, 15) is 8.42 Å². The highest BCUT2D eigenvalue weighted by atomic mass is 32.2. The van der Waals surface area contributed by atoms with Gasteiger partial charge in [0, 0.05) is 70.1 Å². The molecule has 2 aliphatic heterocycles. The smallest absolute Gasteiger partial charge is 0.237 e. The van der Waals surface area contributed by atoms with Gasteiger partial charge in [0.1, 0.15) is 11.6 Å². The molecular weight excluding hydrogens is 649 g/mol.